The summed E-state index contributed by atoms with van der Waals surface area (Å²) < 4.78 is 38.2. The summed E-state index contributed by atoms with van der Waals surface area (Å²) in [6, 6.07) is 0.223. The fourth-order valence-electron chi connectivity index (χ4n) is 3.13. The maximum atomic E-state index is 12.7. The molecule has 1 N–H and O–H groups in total. The highest BCUT2D eigenvalue weighted by Crippen LogP contribution is 2.30. The van der Waals surface area contributed by atoms with Crippen LogP contribution in [0.5, 0.6) is 0 Å². The Balaban J connectivity index is 2.76. The molecule has 0 heterocycles. The summed E-state index contributed by atoms with van der Waals surface area (Å²) in [7, 11) is 0. The molecule has 1 fully saturated rings. The number of hydrogen-bond donors (Lipinski definition) is 1. The fourth-order valence-corrected chi connectivity index (χ4v) is 3.13. The molecule has 0 aromatic carbocycles. The van der Waals surface area contributed by atoms with Gasteiger partial charge in [0.05, 0.1) is 6.54 Å². The summed E-state index contributed by atoms with van der Waals surface area (Å²) in [4.78, 5) is 1.64. The van der Waals surface area contributed by atoms with Gasteiger partial charge in [0, 0.05) is 12.1 Å². The molecule has 0 spiro atoms. The topological polar surface area (TPSA) is 15.3 Å². The van der Waals surface area contributed by atoms with Crippen molar-refractivity contribution in [2.75, 3.05) is 19.6 Å². The molecule has 1 aliphatic carbocycles. The first-order valence-corrected chi connectivity index (χ1v) is 7.41. The summed E-state index contributed by atoms with van der Waals surface area (Å²) in [5, 5.41) is 3.37. The second-order valence-corrected chi connectivity index (χ2v) is 5.74. The van der Waals surface area contributed by atoms with Gasteiger partial charge in [-0.25, -0.2) is 0 Å². The van der Waals surface area contributed by atoms with E-state index in [2.05, 4.69) is 12.2 Å². The van der Waals surface area contributed by atoms with Crippen molar-refractivity contribution in [1.82, 2.24) is 10.2 Å². The van der Waals surface area contributed by atoms with Crippen molar-refractivity contribution in [2.45, 2.75) is 64.7 Å². The molecule has 0 aromatic heterocycles. The average molecular weight is 280 g/mol. The van der Waals surface area contributed by atoms with Crippen LogP contribution >= 0.6 is 0 Å². The van der Waals surface area contributed by atoms with E-state index in [4.69, 9.17) is 0 Å². The molecule has 0 saturated heterocycles. The molecule has 1 rings (SSSR count). The predicted molar refractivity (Wildman–Crippen MR) is 72.2 cm³/mol. The Morgan fingerprint density at radius 3 is 2.42 bits per heavy atom. The van der Waals surface area contributed by atoms with Gasteiger partial charge in [0.25, 0.3) is 0 Å². The van der Waals surface area contributed by atoms with E-state index in [0.717, 1.165) is 32.2 Å². The van der Waals surface area contributed by atoms with Crippen LogP contribution in [0.4, 0.5) is 13.2 Å². The van der Waals surface area contributed by atoms with Crippen LogP contribution in [0.3, 0.4) is 0 Å². The number of hydrogen-bond acceptors (Lipinski definition) is 2. The number of rotatable bonds is 6. The van der Waals surface area contributed by atoms with Crippen molar-refractivity contribution in [3.8, 4) is 0 Å². The van der Waals surface area contributed by atoms with Gasteiger partial charge in [-0.1, -0.05) is 20.8 Å². The van der Waals surface area contributed by atoms with Gasteiger partial charge in [-0.15, -0.1) is 0 Å². The second-order valence-electron chi connectivity index (χ2n) is 5.74. The third kappa shape index (κ3) is 5.69. The highest BCUT2D eigenvalue weighted by atomic mass is 19.4. The van der Waals surface area contributed by atoms with E-state index < -0.39 is 12.7 Å². The fraction of sp³-hybridized carbons (Fsp3) is 1.00. The molecular formula is C14H27F3N2. The molecule has 0 aromatic rings. The van der Waals surface area contributed by atoms with E-state index in [-0.39, 0.29) is 12.1 Å². The van der Waals surface area contributed by atoms with Crippen molar-refractivity contribution < 1.29 is 13.2 Å². The lowest BCUT2D eigenvalue weighted by Crippen LogP contribution is -2.55. The number of nitrogens with zero attached hydrogens (tertiary/aromatic N) is 1. The van der Waals surface area contributed by atoms with Gasteiger partial charge in [0.2, 0.25) is 0 Å². The zero-order valence-electron chi connectivity index (χ0n) is 12.3. The van der Waals surface area contributed by atoms with Gasteiger partial charge < -0.3 is 5.32 Å². The lowest BCUT2D eigenvalue weighted by molar-refractivity contribution is -0.154. The largest absolute Gasteiger partial charge is 0.401 e. The van der Waals surface area contributed by atoms with Crippen molar-refractivity contribution in [3.05, 3.63) is 0 Å². The molecule has 114 valence electrons. The van der Waals surface area contributed by atoms with E-state index >= 15 is 0 Å². The smallest absolute Gasteiger partial charge is 0.313 e. The molecule has 1 aliphatic rings. The van der Waals surface area contributed by atoms with Crippen LogP contribution in [0, 0.1) is 5.92 Å². The minimum Gasteiger partial charge on any atom is -0.313 e. The van der Waals surface area contributed by atoms with Gasteiger partial charge in [-0.3, -0.25) is 4.90 Å². The summed E-state index contributed by atoms with van der Waals surface area (Å²) in [5.41, 5.74) is 0. The molecular weight excluding hydrogens is 253 g/mol. The molecule has 0 amide bonds. The Morgan fingerprint density at radius 2 is 1.89 bits per heavy atom. The molecule has 2 nitrogen and oxygen atoms in total. The summed E-state index contributed by atoms with van der Waals surface area (Å²) in [6.45, 7) is 6.67. The third-order valence-electron chi connectivity index (χ3n) is 3.91. The Hall–Kier alpha value is -0.290. The number of halogens is 3. The lowest BCUT2D eigenvalue weighted by Gasteiger charge is -2.42. The van der Waals surface area contributed by atoms with Crippen LogP contribution < -0.4 is 5.32 Å². The molecule has 0 radical (unpaired) electrons. The zero-order valence-corrected chi connectivity index (χ0v) is 12.3. The van der Waals surface area contributed by atoms with Gasteiger partial charge >= 0.3 is 6.18 Å². The van der Waals surface area contributed by atoms with E-state index in [1.54, 1.807) is 4.90 Å². The first-order valence-electron chi connectivity index (χ1n) is 7.41. The van der Waals surface area contributed by atoms with Gasteiger partial charge in [0.15, 0.2) is 0 Å². The standard InChI is InChI=1S/C14H27F3N2/c1-4-8-19(10-14(15,16)17)13-9-11(3)6-7-12(13)18-5-2/h11-13,18H,4-10H2,1-3H3. The summed E-state index contributed by atoms with van der Waals surface area (Å²) in [5.74, 6) is 0.521. The molecule has 0 aliphatic heterocycles. The Labute approximate surface area is 114 Å². The molecule has 3 atom stereocenters. The van der Waals surface area contributed by atoms with E-state index in [9.17, 15) is 13.2 Å². The van der Waals surface area contributed by atoms with Crippen molar-refractivity contribution in [2.24, 2.45) is 5.92 Å². The Kier molecular flexibility index (Phi) is 6.60. The number of likely N-dealkylation sites (N-methyl/N-ethyl adjacent to an activating group) is 1. The second kappa shape index (κ2) is 7.48. The first kappa shape index (κ1) is 16.8. The highest BCUT2D eigenvalue weighted by Gasteiger charge is 2.38. The molecule has 1 saturated carbocycles. The van der Waals surface area contributed by atoms with Crippen LogP contribution in [0.2, 0.25) is 0 Å². The SMILES string of the molecule is CCCN(CC(F)(F)F)C1CC(C)CCC1NCC. The van der Waals surface area contributed by atoms with Gasteiger partial charge in [-0.05, 0) is 44.7 Å². The van der Waals surface area contributed by atoms with E-state index in [1.165, 1.54) is 0 Å². The summed E-state index contributed by atoms with van der Waals surface area (Å²) in [6.07, 6.45) is -0.377. The van der Waals surface area contributed by atoms with Crippen LogP contribution in [0.1, 0.15) is 46.5 Å². The average Bonchev–Trinajstić information content (AvgIpc) is 2.29. The number of nitrogens with one attached hydrogen (secondary N) is 1. The maximum absolute atomic E-state index is 12.7. The molecule has 3 unspecified atom stereocenters. The lowest BCUT2D eigenvalue weighted by atomic mass is 9.82. The van der Waals surface area contributed by atoms with Crippen molar-refractivity contribution >= 4 is 0 Å². The van der Waals surface area contributed by atoms with Crippen molar-refractivity contribution in [3.63, 3.8) is 0 Å². The predicted octanol–water partition coefficient (Wildman–Crippen LogP) is 3.43. The minimum absolute atomic E-state index is 0.0188. The normalized spacial score (nSPS) is 28.9. The van der Waals surface area contributed by atoms with Crippen LogP contribution in [-0.2, 0) is 0 Å². The first-order chi connectivity index (χ1) is 8.87. The summed E-state index contributed by atoms with van der Waals surface area (Å²) >= 11 is 0. The van der Waals surface area contributed by atoms with E-state index in [1.807, 2.05) is 13.8 Å². The van der Waals surface area contributed by atoms with Gasteiger partial charge in [-0.2, -0.15) is 13.2 Å². The molecule has 19 heavy (non-hydrogen) atoms. The Bertz CT molecular complexity index is 256. The number of alkyl halides is 3. The zero-order chi connectivity index (χ0) is 14.5. The molecule has 5 heteroatoms. The van der Waals surface area contributed by atoms with Gasteiger partial charge in [0.1, 0.15) is 0 Å². The highest BCUT2D eigenvalue weighted by molar-refractivity contribution is 4.90. The maximum Gasteiger partial charge on any atom is 0.401 e. The quantitative estimate of drug-likeness (QED) is 0.802. The third-order valence-corrected chi connectivity index (χ3v) is 3.91. The van der Waals surface area contributed by atoms with Crippen LogP contribution in [0.15, 0.2) is 0 Å². The van der Waals surface area contributed by atoms with Crippen LogP contribution in [0.25, 0.3) is 0 Å². The molecule has 0 bridgehead atoms. The minimum atomic E-state index is -4.10. The Morgan fingerprint density at radius 1 is 1.21 bits per heavy atom. The van der Waals surface area contributed by atoms with Crippen LogP contribution in [-0.4, -0.2) is 42.8 Å². The van der Waals surface area contributed by atoms with Crippen molar-refractivity contribution in [1.29, 1.82) is 0 Å². The van der Waals surface area contributed by atoms with E-state index in [0.29, 0.717) is 12.5 Å². The monoisotopic (exact) mass is 280 g/mol.